The fraction of sp³-hybridized carbons (Fsp3) is 0.455. The lowest BCUT2D eigenvalue weighted by Crippen LogP contribution is -2.34. The molecule has 86 valence electrons. The van der Waals surface area contributed by atoms with Crippen LogP contribution in [0.4, 0.5) is 0 Å². The monoisotopic (exact) mass is 231 g/mol. The van der Waals surface area contributed by atoms with E-state index in [0.717, 1.165) is 5.56 Å². The Morgan fingerprint density at radius 3 is 2.40 bits per heavy atom. The van der Waals surface area contributed by atoms with Crippen molar-refractivity contribution in [1.29, 1.82) is 0 Å². The Hall–Kier alpha value is -0.610. The zero-order valence-corrected chi connectivity index (χ0v) is 9.57. The number of halogens is 1. The number of benzene rings is 1. The molecule has 1 aromatic carbocycles. The minimum Gasteiger partial charge on any atom is -0.395 e. The van der Waals surface area contributed by atoms with Crippen molar-refractivity contribution in [3.05, 3.63) is 35.9 Å². The number of rotatable bonds is 5. The van der Waals surface area contributed by atoms with Crippen LogP contribution in [0.3, 0.4) is 0 Å². The van der Waals surface area contributed by atoms with E-state index >= 15 is 0 Å². The third-order valence-corrected chi connectivity index (χ3v) is 2.19. The highest BCUT2D eigenvalue weighted by atomic mass is 35.5. The Morgan fingerprint density at radius 2 is 1.87 bits per heavy atom. The van der Waals surface area contributed by atoms with E-state index < -0.39 is 6.10 Å². The maximum atomic E-state index is 9.87. The molecule has 0 saturated carbocycles. The molecule has 0 aliphatic rings. The van der Waals surface area contributed by atoms with Crippen LogP contribution < -0.4 is 5.32 Å². The third kappa shape index (κ3) is 4.62. The molecule has 1 aromatic rings. The molecule has 0 radical (unpaired) electrons. The van der Waals surface area contributed by atoms with Gasteiger partial charge < -0.3 is 15.5 Å². The first-order valence-corrected chi connectivity index (χ1v) is 4.83. The first kappa shape index (κ1) is 14.4. The molecule has 0 amide bonds. The standard InChI is InChI=1S/C11H17NO2.ClH/c1-9(12-7-8-13)11(14)10-5-3-2-4-6-10;/h2-6,9,11-14H,7-8H2,1H3;1H/t9-,11-;/m0./s1. The molecule has 0 fully saturated rings. The molecule has 3 N–H and O–H groups in total. The predicted octanol–water partition coefficient (Wildman–Crippen LogP) is 1.11. The predicted molar refractivity (Wildman–Crippen MR) is 63.2 cm³/mol. The summed E-state index contributed by atoms with van der Waals surface area (Å²) in [5.74, 6) is 0. The van der Waals surface area contributed by atoms with Crippen LogP contribution in [0.5, 0.6) is 0 Å². The van der Waals surface area contributed by atoms with Crippen LogP contribution in [0, 0.1) is 0 Å². The Morgan fingerprint density at radius 1 is 1.27 bits per heavy atom. The summed E-state index contributed by atoms with van der Waals surface area (Å²) in [6.07, 6.45) is -0.525. The van der Waals surface area contributed by atoms with E-state index in [9.17, 15) is 5.11 Å². The summed E-state index contributed by atoms with van der Waals surface area (Å²) in [7, 11) is 0. The van der Waals surface area contributed by atoms with Crippen LogP contribution >= 0.6 is 12.4 Å². The molecule has 0 saturated heterocycles. The number of aliphatic hydroxyl groups excluding tert-OH is 2. The van der Waals surface area contributed by atoms with Gasteiger partial charge in [-0.15, -0.1) is 12.4 Å². The number of hydrogen-bond acceptors (Lipinski definition) is 3. The molecule has 15 heavy (non-hydrogen) atoms. The van der Waals surface area contributed by atoms with Crippen molar-refractivity contribution in [2.75, 3.05) is 13.2 Å². The molecule has 3 nitrogen and oxygen atoms in total. The van der Waals surface area contributed by atoms with Gasteiger partial charge in [0.2, 0.25) is 0 Å². The molecule has 0 heterocycles. The van der Waals surface area contributed by atoms with E-state index in [1.165, 1.54) is 0 Å². The van der Waals surface area contributed by atoms with Gasteiger partial charge in [0.15, 0.2) is 0 Å². The van der Waals surface area contributed by atoms with Crippen molar-refractivity contribution >= 4 is 12.4 Å². The molecule has 0 spiro atoms. The summed E-state index contributed by atoms with van der Waals surface area (Å²) >= 11 is 0. The molecule has 2 atom stereocenters. The van der Waals surface area contributed by atoms with Gasteiger partial charge >= 0.3 is 0 Å². The van der Waals surface area contributed by atoms with Crippen LogP contribution in [-0.2, 0) is 0 Å². The van der Waals surface area contributed by atoms with Crippen LogP contribution in [0.2, 0.25) is 0 Å². The maximum Gasteiger partial charge on any atom is 0.0940 e. The Balaban J connectivity index is 0.00000196. The fourth-order valence-corrected chi connectivity index (χ4v) is 1.34. The van der Waals surface area contributed by atoms with Gasteiger partial charge in [-0.25, -0.2) is 0 Å². The van der Waals surface area contributed by atoms with Crippen LogP contribution in [0.15, 0.2) is 30.3 Å². The van der Waals surface area contributed by atoms with Crippen molar-refractivity contribution < 1.29 is 10.2 Å². The van der Waals surface area contributed by atoms with Gasteiger partial charge in [-0.3, -0.25) is 0 Å². The molecule has 0 unspecified atom stereocenters. The smallest absolute Gasteiger partial charge is 0.0940 e. The van der Waals surface area contributed by atoms with Gasteiger partial charge in [0.25, 0.3) is 0 Å². The van der Waals surface area contributed by atoms with E-state index in [2.05, 4.69) is 5.32 Å². The lowest BCUT2D eigenvalue weighted by Gasteiger charge is -2.20. The maximum absolute atomic E-state index is 9.87. The zero-order chi connectivity index (χ0) is 10.4. The first-order chi connectivity index (χ1) is 6.75. The minimum atomic E-state index is -0.525. The van der Waals surface area contributed by atoms with Gasteiger partial charge in [0.1, 0.15) is 0 Å². The summed E-state index contributed by atoms with van der Waals surface area (Å²) in [5, 5.41) is 21.5. The van der Waals surface area contributed by atoms with Gasteiger partial charge in [-0.1, -0.05) is 30.3 Å². The molecule has 0 aromatic heterocycles. The van der Waals surface area contributed by atoms with E-state index in [-0.39, 0.29) is 25.1 Å². The zero-order valence-electron chi connectivity index (χ0n) is 8.76. The molecular weight excluding hydrogens is 214 g/mol. The summed E-state index contributed by atoms with van der Waals surface area (Å²) in [6.45, 7) is 2.49. The van der Waals surface area contributed by atoms with Crippen LogP contribution in [0.25, 0.3) is 0 Å². The Labute approximate surface area is 96.5 Å². The average Bonchev–Trinajstić information content (AvgIpc) is 2.26. The summed E-state index contributed by atoms with van der Waals surface area (Å²) in [4.78, 5) is 0. The third-order valence-electron chi connectivity index (χ3n) is 2.19. The molecule has 1 rings (SSSR count). The molecular formula is C11H18ClNO2. The normalized spacial score (nSPS) is 14.1. The van der Waals surface area contributed by atoms with E-state index in [0.29, 0.717) is 6.54 Å². The van der Waals surface area contributed by atoms with Crippen molar-refractivity contribution in [1.82, 2.24) is 5.32 Å². The number of aliphatic hydroxyl groups is 2. The van der Waals surface area contributed by atoms with Crippen molar-refractivity contribution in [2.45, 2.75) is 19.1 Å². The molecule has 0 bridgehead atoms. The largest absolute Gasteiger partial charge is 0.395 e. The van der Waals surface area contributed by atoms with E-state index in [1.807, 2.05) is 37.3 Å². The Bertz CT molecular complexity index is 256. The van der Waals surface area contributed by atoms with Gasteiger partial charge in [-0.2, -0.15) is 0 Å². The van der Waals surface area contributed by atoms with Crippen LogP contribution in [-0.4, -0.2) is 29.4 Å². The van der Waals surface area contributed by atoms with E-state index in [4.69, 9.17) is 5.11 Å². The summed E-state index contributed by atoms with van der Waals surface area (Å²) in [6, 6.07) is 9.45. The number of hydrogen-bond donors (Lipinski definition) is 3. The van der Waals surface area contributed by atoms with Gasteiger partial charge in [0.05, 0.1) is 12.7 Å². The summed E-state index contributed by atoms with van der Waals surface area (Å²) in [5.41, 5.74) is 0.894. The van der Waals surface area contributed by atoms with Crippen molar-refractivity contribution in [2.24, 2.45) is 0 Å². The highest BCUT2D eigenvalue weighted by Gasteiger charge is 2.14. The fourth-order valence-electron chi connectivity index (χ4n) is 1.34. The highest BCUT2D eigenvalue weighted by Crippen LogP contribution is 2.15. The van der Waals surface area contributed by atoms with Gasteiger partial charge in [-0.05, 0) is 12.5 Å². The Kier molecular flexibility index (Phi) is 7.34. The quantitative estimate of drug-likeness (QED) is 0.712. The topological polar surface area (TPSA) is 52.5 Å². The second-order valence-corrected chi connectivity index (χ2v) is 3.32. The van der Waals surface area contributed by atoms with Crippen molar-refractivity contribution in [3.63, 3.8) is 0 Å². The number of nitrogens with one attached hydrogen (secondary N) is 1. The lowest BCUT2D eigenvalue weighted by atomic mass is 10.0. The van der Waals surface area contributed by atoms with Crippen molar-refractivity contribution in [3.8, 4) is 0 Å². The van der Waals surface area contributed by atoms with Gasteiger partial charge in [0, 0.05) is 12.6 Å². The molecule has 0 aliphatic carbocycles. The molecule has 0 aliphatic heterocycles. The first-order valence-electron chi connectivity index (χ1n) is 4.83. The second kappa shape index (κ2) is 7.65. The van der Waals surface area contributed by atoms with Crippen LogP contribution in [0.1, 0.15) is 18.6 Å². The van der Waals surface area contributed by atoms with E-state index in [1.54, 1.807) is 0 Å². The molecule has 4 heteroatoms. The minimum absolute atomic E-state index is 0. The SMILES string of the molecule is C[C@H](NCCO)[C@H](O)c1ccccc1.Cl. The lowest BCUT2D eigenvalue weighted by molar-refractivity contribution is 0.132. The highest BCUT2D eigenvalue weighted by molar-refractivity contribution is 5.85. The second-order valence-electron chi connectivity index (χ2n) is 3.32. The average molecular weight is 232 g/mol. The summed E-state index contributed by atoms with van der Waals surface area (Å²) < 4.78 is 0.